The molecule has 5 nitrogen and oxygen atoms in total. The molecule has 0 saturated heterocycles. The first-order valence-electron chi connectivity index (χ1n) is 6.12. The average molecular weight is 238 g/mol. The maximum atomic E-state index is 11.7. The summed E-state index contributed by atoms with van der Waals surface area (Å²) in [6.45, 7) is 2.21. The normalized spacial score (nSPS) is 25.5. The van der Waals surface area contributed by atoms with Crippen molar-refractivity contribution < 1.29 is 5.11 Å². The highest BCUT2D eigenvalue weighted by Crippen LogP contribution is 2.30. The minimum atomic E-state index is -0.550. The van der Waals surface area contributed by atoms with E-state index in [0.717, 1.165) is 38.2 Å². The van der Waals surface area contributed by atoms with E-state index in [4.69, 9.17) is 0 Å². The lowest BCUT2D eigenvalue weighted by Gasteiger charge is -2.18. The Balaban J connectivity index is 2.33. The van der Waals surface area contributed by atoms with E-state index in [2.05, 4.69) is 11.9 Å². The van der Waals surface area contributed by atoms with Crippen molar-refractivity contribution in [2.75, 3.05) is 0 Å². The summed E-state index contributed by atoms with van der Waals surface area (Å²) in [5, 5.41) is 9.73. The molecule has 94 valence electrons. The lowest BCUT2D eigenvalue weighted by atomic mass is 10.0. The fraction of sp³-hybridized carbons (Fsp3) is 0.667. The molecule has 0 spiro atoms. The van der Waals surface area contributed by atoms with E-state index in [0.29, 0.717) is 5.92 Å². The van der Waals surface area contributed by atoms with E-state index >= 15 is 0 Å². The lowest BCUT2D eigenvalue weighted by Crippen LogP contribution is -2.31. The van der Waals surface area contributed by atoms with Gasteiger partial charge in [0.05, 0.1) is 6.07 Å². The molecule has 0 aliphatic heterocycles. The number of nitrogens with zero attached hydrogens (tertiary/aromatic N) is 1. The Bertz CT molecular complexity index is 503. The second kappa shape index (κ2) is 4.77. The standard InChI is InChI=1S/C12H18N2O3/c1-8-3-2-4-9(6-5-8)14-11(16)7-10(15)13-12(14)17/h7-9,16H,2-6H2,1H3,(H,13,15,17). The van der Waals surface area contributed by atoms with Gasteiger partial charge in [0.25, 0.3) is 5.56 Å². The summed E-state index contributed by atoms with van der Waals surface area (Å²) < 4.78 is 1.32. The Labute approximate surface area is 99.1 Å². The fourth-order valence-electron chi connectivity index (χ4n) is 2.57. The number of aromatic hydroxyl groups is 1. The van der Waals surface area contributed by atoms with Gasteiger partial charge in [0, 0.05) is 6.04 Å². The molecular weight excluding hydrogens is 220 g/mol. The first-order valence-corrected chi connectivity index (χ1v) is 6.12. The van der Waals surface area contributed by atoms with E-state index in [-0.39, 0.29) is 11.9 Å². The number of rotatable bonds is 1. The van der Waals surface area contributed by atoms with Gasteiger partial charge < -0.3 is 5.11 Å². The third-order valence-electron chi connectivity index (χ3n) is 3.55. The molecule has 0 aromatic carbocycles. The molecule has 1 aromatic rings. The summed E-state index contributed by atoms with van der Waals surface area (Å²) in [4.78, 5) is 24.9. The molecule has 1 aromatic heterocycles. The number of nitrogens with one attached hydrogen (secondary N) is 1. The van der Waals surface area contributed by atoms with Crippen molar-refractivity contribution in [3.63, 3.8) is 0 Å². The van der Waals surface area contributed by atoms with E-state index < -0.39 is 11.2 Å². The lowest BCUT2D eigenvalue weighted by molar-refractivity contribution is 0.337. The molecule has 17 heavy (non-hydrogen) atoms. The van der Waals surface area contributed by atoms with Crippen LogP contribution in [-0.2, 0) is 0 Å². The summed E-state index contributed by atoms with van der Waals surface area (Å²) in [7, 11) is 0. The Kier molecular flexibility index (Phi) is 3.36. The summed E-state index contributed by atoms with van der Waals surface area (Å²) in [5.41, 5.74) is -1.06. The van der Waals surface area contributed by atoms with Gasteiger partial charge in [0.1, 0.15) is 0 Å². The summed E-state index contributed by atoms with van der Waals surface area (Å²) >= 11 is 0. The number of H-pyrrole nitrogens is 1. The van der Waals surface area contributed by atoms with Crippen LogP contribution in [0.3, 0.4) is 0 Å². The van der Waals surface area contributed by atoms with E-state index in [1.54, 1.807) is 0 Å². The molecule has 1 aliphatic carbocycles. The quantitative estimate of drug-likeness (QED) is 0.726. The number of hydrogen-bond acceptors (Lipinski definition) is 3. The van der Waals surface area contributed by atoms with Crippen LogP contribution in [0.15, 0.2) is 15.7 Å². The molecule has 2 rings (SSSR count). The van der Waals surface area contributed by atoms with Crippen LogP contribution in [0.1, 0.15) is 45.1 Å². The second-order valence-corrected chi connectivity index (χ2v) is 4.93. The summed E-state index contributed by atoms with van der Waals surface area (Å²) in [6.07, 6.45) is 5.02. The van der Waals surface area contributed by atoms with Crippen molar-refractivity contribution in [3.8, 4) is 5.88 Å². The predicted molar refractivity (Wildman–Crippen MR) is 64.3 cm³/mol. The first-order chi connectivity index (χ1) is 8.08. The van der Waals surface area contributed by atoms with Gasteiger partial charge >= 0.3 is 5.69 Å². The van der Waals surface area contributed by atoms with Gasteiger partial charge in [-0.1, -0.05) is 19.8 Å². The smallest absolute Gasteiger partial charge is 0.331 e. The zero-order valence-corrected chi connectivity index (χ0v) is 9.98. The van der Waals surface area contributed by atoms with Crippen molar-refractivity contribution in [1.29, 1.82) is 0 Å². The highest BCUT2D eigenvalue weighted by atomic mass is 16.3. The molecule has 0 radical (unpaired) electrons. The molecule has 1 aliphatic rings. The van der Waals surface area contributed by atoms with Crippen molar-refractivity contribution >= 4 is 0 Å². The van der Waals surface area contributed by atoms with Crippen LogP contribution in [0.4, 0.5) is 0 Å². The average Bonchev–Trinajstić information content (AvgIpc) is 2.42. The van der Waals surface area contributed by atoms with E-state index in [1.165, 1.54) is 4.57 Å². The van der Waals surface area contributed by atoms with Crippen LogP contribution in [0, 0.1) is 5.92 Å². The third kappa shape index (κ3) is 2.60. The molecule has 1 heterocycles. The van der Waals surface area contributed by atoms with Gasteiger partial charge in [-0.2, -0.15) is 0 Å². The van der Waals surface area contributed by atoms with Crippen LogP contribution >= 0.6 is 0 Å². The molecule has 0 amide bonds. The largest absolute Gasteiger partial charge is 0.494 e. The van der Waals surface area contributed by atoms with E-state index in [9.17, 15) is 14.7 Å². The van der Waals surface area contributed by atoms with E-state index in [1.807, 2.05) is 0 Å². The molecule has 1 saturated carbocycles. The zero-order chi connectivity index (χ0) is 12.4. The van der Waals surface area contributed by atoms with Gasteiger partial charge in [0.15, 0.2) is 0 Å². The summed E-state index contributed by atoms with van der Waals surface area (Å²) in [6, 6.07) is 1.07. The fourth-order valence-corrected chi connectivity index (χ4v) is 2.57. The van der Waals surface area contributed by atoms with Crippen LogP contribution < -0.4 is 11.2 Å². The first kappa shape index (κ1) is 12.0. The molecule has 1 fully saturated rings. The van der Waals surface area contributed by atoms with Crippen LogP contribution in [0.25, 0.3) is 0 Å². The minimum absolute atomic E-state index is 0.00398. The summed E-state index contributed by atoms with van der Waals surface area (Å²) in [5.74, 6) is 0.443. The number of aromatic amines is 1. The monoisotopic (exact) mass is 238 g/mol. The highest BCUT2D eigenvalue weighted by Gasteiger charge is 2.20. The van der Waals surface area contributed by atoms with Gasteiger partial charge in [-0.25, -0.2) is 4.79 Å². The molecule has 0 bridgehead atoms. The van der Waals surface area contributed by atoms with Gasteiger partial charge in [-0.15, -0.1) is 0 Å². The molecular formula is C12H18N2O3. The number of hydrogen-bond donors (Lipinski definition) is 2. The molecule has 2 atom stereocenters. The molecule has 5 heteroatoms. The molecule has 2 N–H and O–H groups in total. The van der Waals surface area contributed by atoms with Crippen molar-refractivity contribution in [3.05, 3.63) is 26.9 Å². The third-order valence-corrected chi connectivity index (χ3v) is 3.55. The topological polar surface area (TPSA) is 75.1 Å². The Morgan fingerprint density at radius 2 is 2.06 bits per heavy atom. The zero-order valence-electron chi connectivity index (χ0n) is 9.98. The Morgan fingerprint density at radius 1 is 1.29 bits per heavy atom. The van der Waals surface area contributed by atoms with Crippen LogP contribution in [-0.4, -0.2) is 14.7 Å². The maximum absolute atomic E-state index is 11.7. The van der Waals surface area contributed by atoms with Crippen molar-refractivity contribution in [1.82, 2.24) is 9.55 Å². The van der Waals surface area contributed by atoms with Crippen LogP contribution in [0.2, 0.25) is 0 Å². The second-order valence-electron chi connectivity index (χ2n) is 4.93. The van der Waals surface area contributed by atoms with Crippen molar-refractivity contribution in [2.45, 2.75) is 45.1 Å². The van der Waals surface area contributed by atoms with Gasteiger partial charge in [0.2, 0.25) is 5.88 Å². The van der Waals surface area contributed by atoms with Gasteiger partial charge in [-0.3, -0.25) is 14.3 Å². The Hall–Kier alpha value is -1.52. The molecule has 2 unspecified atom stereocenters. The maximum Gasteiger partial charge on any atom is 0.331 e. The minimum Gasteiger partial charge on any atom is -0.494 e. The SMILES string of the molecule is CC1CCCC(n2c(O)cc(=O)[nH]c2=O)CC1. The highest BCUT2D eigenvalue weighted by molar-refractivity contribution is 5.07. The van der Waals surface area contributed by atoms with Gasteiger partial charge in [-0.05, 0) is 25.2 Å². The predicted octanol–water partition coefficient (Wildman–Crippen LogP) is 1.38. The number of aromatic nitrogens is 2. The Morgan fingerprint density at radius 3 is 2.76 bits per heavy atom. The van der Waals surface area contributed by atoms with Crippen LogP contribution in [0.5, 0.6) is 5.88 Å². The van der Waals surface area contributed by atoms with Crippen molar-refractivity contribution in [2.24, 2.45) is 5.92 Å².